The molecule has 0 N–H and O–H groups in total. The van der Waals surface area contributed by atoms with Gasteiger partial charge < -0.3 is 4.74 Å². The molecule has 0 saturated heterocycles. The third-order valence-electron chi connectivity index (χ3n) is 2.45. The van der Waals surface area contributed by atoms with Crippen LogP contribution in [-0.2, 0) is 6.61 Å². The van der Waals surface area contributed by atoms with Crippen LogP contribution in [0.1, 0.15) is 11.1 Å². The fraction of sp³-hybridized carbons (Fsp3) is 0.0714. The standard InChI is InChI=1S/C14H8BrClFNO/c15-13-10(7-18)4-5-12(14(13)17)19-8-9-2-1-3-11(16)6-9/h1-6H,8H2. The summed E-state index contributed by atoms with van der Waals surface area (Å²) in [6.07, 6.45) is 0. The molecule has 0 bridgehead atoms. The lowest BCUT2D eigenvalue weighted by molar-refractivity contribution is 0.289. The predicted molar refractivity (Wildman–Crippen MR) is 74.6 cm³/mol. The van der Waals surface area contributed by atoms with Gasteiger partial charge in [0.05, 0.1) is 10.0 Å². The predicted octanol–water partition coefficient (Wildman–Crippen LogP) is 4.69. The second kappa shape index (κ2) is 6.05. The van der Waals surface area contributed by atoms with Crippen LogP contribution in [0.15, 0.2) is 40.9 Å². The zero-order valence-electron chi connectivity index (χ0n) is 9.66. The van der Waals surface area contributed by atoms with E-state index in [9.17, 15) is 4.39 Å². The van der Waals surface area contributed by atoms with Crippen molar-refractivity contribution in [1.82, 2.24) is 0 Å². The molecule has 0 unspecified atom stereocenters. The smallest absolute Gasteiger partial charge is 0.180 e. The van der Waals surface area contributed by atoms with Gasteiger partial charge in [0, 0.05) is 5.02 Å². The first-order chi connectivity index (χ1) is 9.11. The molecule has 19 heavy (non-hydrogen) atoms. The van der Waals surface area contributed by atoms with Crippen LogP contribution in [-0.4, -0.2) is 0 Å². The van der Waals surface area contributed by atoms with Crippen molar-refractivity contribution in [3.8, 4) is 11.8 Å². The number of nitriles is 1. The molecule has 2 rings (SSSR count). The van der Waals surface area contributed by atoms with Crippen LogP contribution < -0.4 is 4.74 Å². The number of nitrogens with zero attached hydrogens (tertiary/aromatic N) is 1. The number of halogens is 3. The fourth-order valence-corrected chi connectivity index (χ4v) is 2.15. The lowest BCUT2D eigenvalue weighted by Crippen LogP contribution is -1.98. The van der Waals surface area contributed by atoms with Crippen LogP contribution in [0.2, 0.25) is 5.02 Å². The molecule has 0 amide bonds. The van der Waals surface area contributed by atoms with Crippen molar-refractivity contribution < 1.29 is 9.13 Å². The van der Waals surface area contributed by atoms with Crippen LogP contribution in [0.5, 0.6) is 5.75 Å². The molecular weight excluding hydrogens is 333 g/mol. The summed E-state index contributed by atoms with van der Waals surface area (Å²) in [6.45, 7) is 0.204. The minimum atomic E-state index is -0.582. The molecule has 2 aromatic rings. The van der Waals surface area contributed by atoms with Crippen LogP contribution in [0.4, 0.5) is 4.39 Å². The number of rotatable bonds is 3. The van der Waals surface area contributed by atoms with Gasteiger partial charge in [0.1, 0.15) is 12.7 Å². The average molecular weight is 341 g/mol. The van der Waals surface area contributed by atoms with Gasteiger partial charge >= 0.3 is 0 Å². The van der Waals surface area contributed by atoms with Gasteiger partial charge in [-0.25, -0.2) is 4.39 Å². The van der Waals surface area contributed by atoms with Gasteiger partial charge in [0.2, 0.25) is 0 Å². The molecule has 0 aliphatic heterocycles. The van der Waals surface area contributed by atoms with Crippen LogP contribution in [0.25, 0.3) is 0 Å². The minimum absolute atomic E-state index is 0.0888. The molecule has 0 fully saturated rings. The first-order valence-corrected chi connectivity index (χ1v) is 6.54. The summed E-state index contributed by atoms with van der Waals surface area (Å²) in [6, 6.07) is 12.0. The van der Waals surface area contributed by atoms with Gasteiger partial charge in [-0.3, -0.25) is 0 Å². The fourth-order valence-electron chi connectivity index (χ4n) is 1.52. The van der Waals surface area contributed by atoms with E-state index in [0.717, 1.165) is 5.56 Å². The average Bonchev–Trinajstić information content (AvgIpc) is 2.41. The Morgan fingerprint density at radius 3 is 2.79 bits per heavy atom. The van der Waals surface area contributed by atoms with E-state index in [0.29, 0.717) is 5.02 Å². The Hall–Kier alpha value is -1.57. The maximum atomic E-state index is 13.9. The first-order valence-electron chi connectivity index (χ1n) is 5.37. The van der Waals surface area contributed by atoms with Crippen molar-refractivity contribution in [2.24, 2.45) is 0 Å². The van der Waals surface area contributed by atoms with Gasteiger partial charge in [-0.15, -0.1) is 0 Å². The molecule has 2 aromatic carbocycles. The van der Waals surface area contributed by atoms with Crippen molar-refractivity contribution in [3.63, 3.8) is 0 Å². The minimum Gasteiger partial charge on any atom is -0.486 e. The second-order valence-electron chi connectivity index (χ2n) is 3.77. The zero-order chi connectivity index (χ0) is 13.8. The summed E-state index contributed by atoms with van der Waals surface area (Å²) in [4.78, 5) is 0. The highest BCUT2D eigenvalue weighted by molar-refractivity contribution is 9.10. The normalized spacial score (nSPS) is 10.0. The third-order valence-corrected chi connectivity index (χ3v) is 3.46. The van der Waals surface area contributed by atoms with Crippen LogP contribution in [0, 0.1) is 17.1 Å². The third kappa shape index (κ3) is 3.25. The lowest BCUT2D eigenvalue weighted by Gasteiger charge is -2.09. The van der Waals surface area contributed by atoms with Gasteiger partial charge in [-0.1, -0.05) is 23.7 Å². The summed E-state index contributed by atoms with van der Waals surface area (Å²) in [5.74, 6) is -0.494. The molecule has 0 heterocycles. The van der Waals surface area contributed by atoms with Gasteiger partial charge in [0.25, 0.3) is 0 Å². The number of hydrogen-bond donors (Lipinski definition) is 0. The van der Waals surface area contributed by atoms with Crippen molar-refractivity contribution >= 4 is 27.5 Å². The van der Waals surface area contributed by atoms with Crippen molar-refractivity contribution in [2.75, 3.05) is 0 Å². The van der Waals surface area contributed by atoms with E-state index in [-0.39, 0.29) is 22.4 Å². The highest BCUT2D eigenvalue weighted by Crippen LogP contribution is 2.28. The summed E-state index contributed by atoms with van der Waals surface area (Å²) in [5, 5.41) is 9.37. The topological polar surface area (TPSA) is 33.0 Å². The van der Waals surface area contributed by atoms with E-state index in [4.69, 9.17) is 21.6 Å². The molecule has 0 aliphatic carbocycles. The Kier molecular flexibility index (Phi) is 4.41. The van der Waals surface area contributed by atoms with E-state index in [1.165, 1.54) is 12.1 Å². The summed E-state index contributed by atoms with van der Waals surface area (Å²) < 4.78 is 19.4. The molecule has 5 heteroatoms. The Morgan fingerprint density at radius 1 is 1.32 bits per heavy atom. The van der Waals surface area contributed by atoms with Gasteiger partial charge in [0.15, 0.2) is 11.6 Å². The lowest BCUT2D eigenvalue weighted by atomic mass is 10.2. The van der Waals surface area contributed by atoms with Gasteiger partial charge in [-0.05, 0) is 45.8 Å². The molecule has 0 spiro atoms. The molecule has 0 atom stereocenters. The Balaban J connectivity index is 2.17. The van der Waals surface area contributed by atoms with E-state index in [1.54, 1.807) is 18.2 Å². The van der Waals surface area contributed by atoms with Crippen LogP contribution in [0.3, 0.4) is 0 Å². The highest BCUT2D eigenvalue weighted by atomic mass is 79.9. The summed E-state index contributed by atoms with van der Waals surface area (Å²) >= 11 is 8.88. The summed E-state index contributed by atoms with van der Waals surface area (Å²) in [5.41, 5.74) is 1.07. The van der Waals surface area contributed by atoms with E-state index in [1.807, 2.05) is 12.1 Å². The maximum absolute atomic E-state index is 13.9. The van der Waals surface area contributed by atoms with Gasteiger partial charge in [-0.2, -0.15) is 5.26 Å². The number of hydrogen-bond acceptors (Lipinski definition) is 2. The second-order valence-corrected chi connectivity index (χ2v) is 5.00. The number of benzene rings is 2. The van der Waals surface area contributed by atoms with E-state index < -0.39 is 5.82 Å². The molecular formula is C14H8BrClFNO. The molecule has 2 nitrogen and oxygen atoms in total. The van der Waals surface area contributed by atoms with E-state index >= 15 is 0 Å². The van der Waals surface area contributed by atoms with Crippen LogP contribution >= 0.6 is 27.5 Å². The number of ether oxygens (including phenoxy) is 1. The molecule has 0 saturated carbocycles. The van der Waals surface area contributed by atoms with E-state index in [2.05, 4.69) is 15.9 Å². The quantitative estimate of drug-likeness (QED) is 0.812. The molecule has 0 aromatic heterocycles. The summed E-state index contributed by atoms with van der Waals surface area (Å²) in [7, 11) is 0. The first kappa shape index (κ1) is 13.9. The van der Waals surface area contributed by atoms with Crippen molar-refractivity contribution in [2.45, 2.75) is 6.61 Å². The molecule has 0 aliphatic rings. The SMILES string of the molecule is N#Cc1ccc(OCc2cccc(Cl)c2)c(F)c1Br. The Labute approximate surface area is 123 Å². The highest BCUT2D eigenvalue weighted by Gasteiger charge is 2.12. The monoisotopic (exact) mass is 339 g/mol. The zero-order valence-corrected chi connectivity index (χ0v) is 12.0. The molecule has 0 radical (unpaired) electrons. The van der Waals surface area contributed by atoms with Crippen molar-refractivity contribution in [1.29, 1.82) is 5.26 Å². The Bertz CT molecular complexity index is 654. The van der Waals surface area contributed by atoms with Crippen molar-refractivity contribution in [3.05, 3.63) is 62.8 Å². The Morgan fingerprint density at radius 2 is 2.11 bits per heavy atom. The maximum Gasteiger partial charge on any atom is 0.180 e. The molecule has 96 valence electrons. The largest absolute Gasteiger partial charge is 0.486 e.